The second-order valence-electron chi connectivity index (χ2n) is 10.9. The molecule has 0 saturated carbocycles. The molecular formula is C32H45N3O9. The minimum absolute atomic E-state index is 0.0495. The minimum atomic E-state index is -1.000. The van der Waals surface area contributed by atoms with Gasteiger partial charge in [0.25, 0.3) is 5.91 Å². The lowest BCUT2D eigenvalue weighted by Gasteiger charge is -2.29. The summed E-state index contributed by atoms with van der Waals surface area (Å²) in [7, 11) is 4.34. The molecule has 44 heavy (non-hydrogen) atoms. The van der Waals surface area contributed by atoms with Crippen LogP contribution in [0.5, 0.6) is 11.5 Å². The third-order valence-corrected chi connectivity index (χ3v) is 7.45. The van der Waals surface area contributed by atoms with Crippen LogP contribution in [0.1, 0.15) is 39.7 Å². The summed E-state index contributed by atoms with van der Waals surface area (Å²) >= 11 is 0. The summed E-state index contributed by atoms with van der Waals surface area (Å²) in [5.74, 6) is -1.67. The number of benzene rings is 1. The quantitative estimate of drug-likeness (QED) is 0.137. The number of aliphatic hydroxyl groups is 1. The summed E-state index contributed by atoms with van der Waals surface area (Å²) in [6.07, 6.45) is 3.89. The Morgan fingerprint density at radius 1 is 1.18 bits per heavy atom. The van der Waals surface area contributed by atoms with Gasteiger partial charge < -0.3 is 45.5 Å². The first-order valence-corrected chi connectivity index (χ1v) is 14.2. The van der Waals surface area contributed by atoms with Gasteiger partial charge in [-0.15, -0.1) is 0 Å². The lowest BCUT2D eigenvalue weighted by Crippen LogP contribution is -2.37. The van der Waals surface area contributed by atoms with Gasteiger partial charge in [0.2, 0.25) is 5.91 Å². The molecule has 1 aromatic carbocycles. The van der Waals surface area contributed by atoms with Crippen molar-refractivity contribution in [1.29, 1.82) is 0 Å². The predicted molar refractivity (Wildman–Crippen MR) is 167 cm³/mol. The molecule has 1 aliphatic heterocycles. The molecule has 0 aromatic heterocycles. The second kappa shape index (κ2) is 16.6. The summed E-state index contributed by atoms with van der Waals surface area (Å²) in [6.45, 7) is 10.5. The number of rotatable bonds is 6. The van der Waals surface area contributed by atoms with Crippen LogP contribution in [0.3, 0.4) is 0 Å². The molecule has 12 nitrogen and oxygen atoms in total. The number of aromatic hydroxyl groups is 1. The van der Waals surface area contributed by atoms with Gasteiger partial charge >= 0.3 is 6.09 Å². The Morgan fingerprint density at radius 3 is 2.43 bits per heavy atom. The lowest BCUT2D eigenvalue weighted by atomic mass is 9.87. The average Bonchev–Trinajstić information content (AvgIpc) is 2.98. The molecule has 0 fully saturated rings. The van der Waals surface area contributed by atoms with E-state index in [-0.39, 0.29) is 40.8 Å². The zero-order valence-corrected chi connectivity index (χ0v) is 26.4. The van der Waals surface area contributed by atoms with Crippen LogP contribution in [0.15, 0.2) is 54.2 Å². The Hall–Kier alpha value is -4.13. The highest BCUT2D eigenvalue weighted by Gasteiger charge is 2.30. The van der Waals surface area contributed by atoms with Gasteiger partial charge in [-0.3, -0.25) is 9.59 Å². The van der Waals surface area contributed by atoms with Gasteiger partial charge in [0.15, 0.2) is 6.10 Å². The molecule has 242 valence electrons. The Morgan fingerprint density at radius 2 is 1.86 bits per heavy atom. The number of anilines is 2. The molecule has 2 rings (SSSR count). The van der Waals surface area contributed by atoms with Crippen LogP contribution in [-0.4, -0.2) is 73.9 Å². The number of allylic oxidation sites excluding steroid dienone is 2. The number of aliphatic hydroxyl groups excluding tert-OH is 1. The van der Waals surface area contributed by atoms with E-state index >= 15 is 0 Å². The smallest absolute Gasteiger partial charge is 0.405 e. The van der Waals surface area contributed by atoms with Gasteiger partial charge in [-0.25, -0.2) is 4.79 Å². The van der Waals surface area contributed by atoms with Crippen molar-refractivity contribution < 1.29 is 43.5 Å². The molecular weight excluding hydrogens is 570 g/mol. The molecule has 0 spiro atoms. The lowest BCUT2D eigenvalue weighted by molar-refractivity contribution is -0.113. The van der Waals surface area contributed by atoms with Gasteiger partial charge in [-0.05, 0) is 50.3 Å². The maximum absolute atomic E-state index is 13.2. The molecule has 6 N–H and O–H groups in total. The van der Waals surface area contributed by atoms with Crippen LogP contribution in [-0.2, 0) is 30.2 Å². The van der Waals surface area contributed by atoms with Gasteiger partial charge in [0.1, 0.15) is 17.6 Å². The second-order valence-corrected chi connectivity index (χ2v) is 10.9. The SMILES string of the molecule is C=CC(=O)Nc1cc2c(O)c(c1OC)C[C@@H](C)C[C@H](OC)[C@H](O)[C@@H](C)/C=C(\C)[C@H](OC(N)=O)[C@@H](OC)/C=C\C=C(/C)C(=O)N2. The number of phenols is 1. The van der Waals surface area contributed by atoms with Gasteiger partial charge in [-0.2, -0.15) is 0 Å². The summed E-state index contributed by atoms with van der Waals surface area (Å²) in [4.78, 5) is 37.1. The monoisotopic (exact) mass is 615 g/mol. The molecule has 0 saturated heterocycles. The summed E-state index contributed by atoms with van der Waals surface area (Å²) in [6, 6.07) is 1.40. The minimum Gasteiger partial charge on any atom is -0.505 e. The third-order valence-electron chi connectivity index (χ3n) is 7.45. The third kappa shape index (κ3) is 9.43. The first-order chi connectivity index (χ1) is 20.8. The number of nitrogens with one attached hydrogen (secondary N) is 2. The number of carbonyl (C=O) groups is 3. The van der Waals surface area contributed by atoms with E-state index in [1.807, 2.05) is 13.8 Å². The number of ether oxygens (including phenoxy) is 4. The molecule has 6 atom stereocenters. The largest absolute Gasteiger partial charge is 0.505 e. The Kier molecular flexibility index (Phi) is 13.6. The fourth-order valence-electron chi connectivity index (χ4n) is 5.11. The van der Waals surface area contributed by atoms with Crippen molar-refractivity contribution in [1.82, 2.24) is 0 Å². The molecule has 2 bridgehead atoms. The van der Waals surface area contributed by atoms with Crippen LogP contribution in [0.2, 0.25) is 0 Å². The zero-order valence-electron chi connectivity index (χ0n) is 26.4. The molecule has 12 heteroatoms. The van der Waals surface area contributed by atoms with Crippen LogP contribution < -0.4 is 21.1 Å². The number of phenolic OH excluding ortho intramolecular Hbond substituents is 1. The number of amides is 3. The van der Waals surface area contributed by atoms with Crippen molar-refractivity contribution in [2.75, 3.05) is 32.0 Å². The molecule has 1 aliphatic rings. The zero-order chi connectivity index (χ0) is 33.1. The first-order valence-electron chi connectivity index (χ1n) is 14.2. The first kappa shape index (κ1) is 36.1. The van der Waals surface area contributed by atoms with Crippen molar-refractivity contribution in [3.05, 3.63) is 59.7 Å². The van der Waals surface area contributed by atoms with Gasteiger partial charge in [0.05, 0.1) is 30.7 Å². The van der Waals surface area contributed by atoms with Gasteiger partial charge in [-0.1, -0.05) is 44.7 Å². The van der Waals surface area contributed by atoms with Crippen molar-refractivity contribution in [3.63, 3.8) is 0 Å². The number of primary amides is 1. The van der Waals surface area contributed by atoms with Crippen molar-refractivity contribution in [2.24, 2.45) is 17.6 Å². The van der Waals surface area contributed by atoms with Crippen LogP contribution in [0.4, 0.5) is 16.2 Å². The number of nitrogens with two attached hydrogens (primary N) is 1. The van der Waals surface area contributed by atoms with Crippen molar-refractivity contribution >= 4 is 29.3 Å². The van der Waals surface area contributed by atoms with E-state index < -0.39 is 48.2 Å². The van der Waals surface area contributed by atoms with Crippen LogP contribution in [0, 0.1) is 11.8 Å². The maximum Gasteiger partial charge on any atom is 0.405 e. The Bertz CT molecular complexity index is 1300. The molecule has 1 aromatic rings. The molecule has 1 heterocycles. The summed E-state index contributed by atoms with van der Waals surface area (Å²) in [5, 5.41) is 28.0. The van der Waals surface area contributed by atoms with Gasteiger partial charge in [0, 0.05) is 31.3 Å². The molecule has 3 amide bonds. The van der Waals surface area contributed by atoms with E-state index in [2.05, 4.69) is 17.2 Å². The van der Waals surface area contributed by atoms with Crippen LogP contribution >= 0.6 is 0 Å². The average molecular weight is 616 g/mol. The highest BCUT2D eigenvalue weighted by molar-refractivity contribution is 6.06. The Labute approximate surface area is 258 Å². The van der Waals surface area contributed by atoms with E-state index in [1.165, 1.54) is 33.5 Å². The topological polar surface area (TPSA) is 179 Å². The van der Waals surface area contributed by atoms with Crippen molar-refractivity contribution in [2.45, 2.75) is 65.0 Å². The van der Waals surface area contributed by atoms with E-state index in [4.69, 9.17) is 24.7 Å². The van der Waals surface area contributed by atoms with Crippen LogP contribution in [0.25, 0.3) is 0 Å². The number of methoxy groups -OCH3 is 3. The number of hydrogen-bond acceptors (Lipinski definition) is 9. The highest BCUT2D eigenvalue weighted by atomic mass is 16.6. The molecule has 0 radical (unpaired) electrons. The summed E-state index contributed by atoms with van der Waals surface area (Å²) < 4.78 is 22.2. The fraction of sp³-hybridized carbons (Fsp3) is 0.469. The number of hydrogen-bond donors (Lipinski definition) is 5. The standard InChI is InChI=1S/C32H45N3O9/c1-9-26(36)34-23-16-22-28(38)21(30(23)43-8)13-17(2)14-25(42-7)27(37)19(4)15-20(5)29(44-32(33)40)24(41-6)12-10-11-18(3)31(39)35-22/h9-12,15-17,19,24-25,27,29,37-38H,1,13-14H2,2-8H3,(H2,33,40)(H,34,36)(H,35,39)/b12-10-,18-11+,20-15+/t17-,19+,24+,25+,27-,29+/m1/s1. The number of fused-ring (bicyclic) bond motifs is 2. The molecule has 0 aliphatic carbocycles. The van der Waals surface area contributed by atoms with Crippen molar-refractivity contribution in [3.8, 4) is 11.5 Å². The maximum atomic E-state index is 13.2. The Balaban J connectivity index is 2.74. The highest BCUT2D eigenvalue weighted by Crippen LogP contribution is 2.43. The predicted octanol–water partition coefficient (Wildman–Crippen LogP) is 3.99. The molecule has 0 unspecified atom stereocenters. The van der Waals surface area contributed by atoms with E-state index in [0.29, 0.717) is 17.6 Å². The number of carbonyl (C=O) groups excluding carboxylic acids is 3. The normalized spacial score (nSPS) is 28.3. The van der Waals surface area contributed by atoms with E-state index in [1.54, 1.807) is 32.1 Å². The van der Waals surface area contributed by atoms with E-state index in [0.717, 1.165) is 6.08 Å². The summed E-state index contributed by atoms with van der Waals surface area (Å²) in [5.41, 5.74) is 6.84. The fourth-order valence-corrected chi connectivity index (χ4v) is 5.11. The van der Waals surface area contributed by atoms with E-state index in [9.17, 15) is 24.6 Å².